The Morgan fingerprint density at radius 1 is 0.957 bits per heavy atom. The lowest BCUT2D eigenvalue weighted by Gasteiger charge is -2.06. The molecule has 23 heavy (non-hydrogen) atoms. The SMILES string of the molecule is CC(=O)Nc1cccc(NC(=O)/C=C/c2c(Cl)cccc2Cl)c1. The van der Waals surface area contributed by atoms with Gasteiger partial charge in [0.15, 0.2) is 0 Å². The number of rotatable bonds is 4. The van der Waals surface area contributed by atoms with Crippen LogP contribution in [0.15, 0.2) is 48.5 Å². The van der Waals surface area contributed by atoms with E-state index in [1.165, 1.54) is 13.0 Å². The van der Waals surface area contributed by atoms with E-state index in [1.54, 1.807) is 48.5 Å². The summed E-state index contributed by atoms with van der Waals surface area (Å²) in [5.41, 5.74) is 1.75. The highest BCUT2D eigenvalue weighted by atomic mass is 35.5. The van der Waals surface area contributed by atoms with Crippen LogP contribution >= 0.6 is 23.2 Å². The molecule has 0 spiro atoms. The highest BCUT2D eigenvalue weighted by Crippen LogP contribution is 2.25. The Kier molecular flexibility index (Phi) is 5.79. The van der Waals surface area contributed by atoms with Gasteiger partial charge in [-0.15, -0.1) is 0 Å². The second kappa shape index (κ2) is 7.81. The Hall–Kier alpha value is -2.30. The number of benzene rings is 2. The van der Waals surface area contributed by atoms with Gasteiger partial charge in [0.25, 0.3) is 0 Å². The molecule has 2 amide bonds. The number of halogens is 2. The van der Waals surface area contributed by atoms with Crippen LogP contribution in [0.25, 0.3) is 6.08 Å². The summed E-state index contributed by atoms with van der Waals surface area (Å²) in [7, 11) is 0. The molecule has 2 aromatic carbocycles. The van der Waals surface area contributed by atoms with Crippen molar-refractivity contribution in [2.24, 2.45) is 0 Å². The van der Waals surface area contributed by atoms with Gasteiger partial charge in [0, 0.05) is 40.0 Å². The molecule has 4 nitrogen and oxygen atoms in total. The molecule has 118 valence electrons. The lowest BCUT2D eigenvalue weighted by atomic mass is 10.2. The molecule has 0 aromatic heterocycles. The molecule has 0 aliphatic heterocycles. The Labute approximate surface area is 144 Å². The summed E-state index contributed by atoms with van der Waals surface area (Å²) >= 11 is 12.1. The normalized spacial score (nSPS) is 10.6. The van der Waals surface area contributed by atoms with Crippen LogP contribution in [0.1, 0.15) is 12.5 Å². The van der Waals surface area contributed by atoms with E-state index in [0.29, 0.717) is 27.0 Å². The maximum Gasteiger partial charge on any atom is 0.248 e. The topological polar surface area (TPSA) is 58.2 Å². The van der Waals surface area contributed by atoms with E-state index in [-0.39, 0.29) is 11.8 Å². The van der Waals surface area contributed by atoms with Gasteiger partial charge in [-0.25, -0.2) is 0 Å². The molecule has 2 N–H and O–H groups in total. The molecule has 2 aromatic rings. The molecule has 2 rings (SSSR count). The molecule has 0 atom stereocenters. The van der Waals surface area contributed by atoms with Gasteiger partial charge in [0.2, 0.25) is 11.8 Å². The molecule has 0 saturated heterocycles. The van der Waals surface area contributed by atoms with E-state index in [2.05, 4.69) is 10.6 Å². The van der Waals surface area contributed by atoms with Gasteiger partial charge in [-0.05, 0) is 36.4 Å². The number of anilines is 2. The van der Waals surface area contributed by atoms with Crippen molar-refractivity contribution in [3.8, 4) is 0 Å². The number of carbonyl (C=O) groups excluding carboxylic acids is 2. The quantitative estimate of drug-likeness (QED) is 0.793. The molecule has 0 fully saturated rings. The summed E-state index contributed by atoms with van der Waals surface area (Å²) in [6.45, 7) is 1.42. The van der Waals surface area contributed by atoms with E-state index in [9.17, 15) is 9.59 Å². The highest BCUT2D eigenvalue weighted by molar-refractivity contribution is 6.37. The fraction of sp³-hybridized carbons (Fsp3) is 0.0588. The van der Waals surface area contributed by atoms with Gasteiger partial charge in [0.1, 0.15) is 0 Å². The molecule has 6 heteroatoms. The first-order chi connectivity index (χ1) is 11.0. The smallest absolute Gasteiger partial charge is 0.248 e. The van der Waals surface area contributed by atoms with Crippen molar-refractivity contribution in [1.82, 2.24) is 0 Å². The Morgan fingerprint density at radius 3 is 2.13 bits per heavy atom. The third-order valence-electron chi connectivity index (χ3n) is 2.85. The van der Waals surface area contributed by atoms with Crippen LogP contribution in [0.3, 0.4) is 0 Å². The predicted octanol–water partition coefficient (Wildman–Crippen LogP) is 4.60. The minimum atomic E-state index is -0.332. The summed E-state index contributed by atoms with van der Waals surface area (Å²) < 4.78 is 0. The van der Waals surface area contributed by atoms with E-state index < -0.39 is 0 Å². The van der Waals surface area contributed by atoms with E-state index >= 15 is 0 Å². The number of carbonyl (C=O) groups is 2. The van der Waals surface area contributed by atoms with Crippen LogP contribution in [0.2, 0.25) is 10.0 Å². The van der Waals surface area contributed by atoms with Gasteiger partial charge in [-0.2, -0.15) is 0 Å². The maximum absolute atomic E-state index is 12.0. The zero-order valence-electron chi connectivity index (χ0n) is 12.3. The Balaban J connectivity index is 2.08. The van der Waals surface area contributed by atoms with Crippen molar-refractivity contribution in [1.29, 1.82) is 0 Å². The first-order valence-corrected chi connectivity index (χ1v) is 7.52. The van der Waals surface area contributed by atoms with Gasteiger partial charge in [0.05, 0.1) is 0 Å². The maximum atomic E-state index is 12.0. The average molecular weight is 349 g/mol. The van der Waals surface area contributed by atoms with E-state index in [0.717, 1.165) is 0 Å². The van der Waals surface area contributed by atoms with Crippen LogP contribution in [0.4, 0.5) is 11.4 Å². The number of amides is 2. The molecule has 0 aliphatic rings. The summed E-state index contributed by atoms with van der Waals surface area (Å²) in [6.07, 6.45) is 2.90. The predicted molar refractivity (Wildman–Crippen MR) is 94.9 cm³/mol. The van der Waals surface area contributed by atoms with Crippen LogP contribution in [-0.4, -0.2) is 11.8 Å². The second-order valence-corrected chi connectivity index (χ2v) is 5.53. The highest BCUT2D eigenvalue weighted by Gasteiger charge is 2.04. The Bertz CT molecular complexity index is 753. The summed E-state index contributed by atoms with van der Waals surface area (Å²) in [5.74, 6) is -0.511. The van der Waals surface area contributed by atoms with Crippen molar-refractivity contribution in [3.05, 3.63) is 64.1 Å². The average Bonchev–Trinajstić information content (AvgIpc) is 2.46. The van der Waals surface area contributed by atoms with Gasteiger partial charge in [-0.1, -0.05) is 35.3 Å². The molecule has 0 radical (unpaired) electrons. The number of nitrogens with one attached hydrogen (secondary N) is 2. The lowest BCUT2D eigenvalue weighted by molar-refractivity contribution is -0.114. The zero-order valence-corrected chi connectivity index (χ0v) is 13.8. The summed E-state index contributed by atoms with van der Waals surface area (Å²) in [4.78, 5) is 23.0. The van der Waals surface area contributed by atoms with Gasteiger partial charge in [-0.3, -0.25) is 9.59 Å². The van der Waals surface area contributed by atoms with E-state index in [4.69, 9.17) is 23.2 Å². The molecule has 0 saturated carbocycles. The first kappa shape index (κ1) is 17.1. The number of hydrogen-bond acceptors (Lipinski definition) is 2. The summed E-state index contributed by atoms with van der Waals surface area (Å²) in [5, 5.41) is 6.28. The molecule has 0 bridgehead atoms. The molecule has 0 aliphatic carbocycles. The minimum absolute atomic E-state index is 0.179. The van der Waals surface area contributed by atoms with E-state index in [1.807, 2.05) is 0 Å². The third kappa shape index (κ3) is 5.13. The third-order valence-corrected chi connectivity index (χ3v) is 3.51. The minimum Gasteiger partial charge on any atom is -0.326 e. The van der Waals surface area contributed by atoms with Crippen LogP contribution in [0, 0.1) is 0 Å². The monoisotopic (exact) mass is 348 g/mol. The zero-order chi connectivity index (χ0) is 16.8. The Morgan fingerprint density at radius 2 is 1.52 bits per heavy atom. The van der Waals surface area contributed by atoms with Crippen LogP contribution < -0.4 is 10.6 Å². The first-order valence-electron chi connectivity index (χ1n) is 6.76. The van der Waals surface area contributed by atoms with Crippen LogP contribution in [0.5, 0.6) is 0 Å². The fourth-order valence-electron chi connectivity index (χ4n) is 1.89. The van der Waals surface area contributed by atoms with Crippen LogP contribution in [-0.2, 0) is 9.59 Å². The van der Waals surface area contributed by atoms with Gasteiger partial charge < -0.3 is 10.6 Å². The summed E-state index contributed by atoms with van der Waals surface area (Å²) in [6, 6.07) is 12.0. The molecule has 0 unspecified atom stereocenters. The fourth-order valence-corrected chi connectivity index (χ4v) is 2.41. The number of hydrogen-bond donors (Lipinski definition) is 2. The van der Waals surface area contributed by atoms with Crippen molar-refractivity contribution >= 4 is 52.5 Å². The van der Waals surface area contributed by atoms with Gasteiger partial charge >= 0.3 is 0 Å². The molecular formula is C17H14Cl2N2O2. The largest absolute Gasteiger partial charge is 0.326 e. The van der Waals surface area contributed by atoms with Crippen molar-refractivity contribution in [3.63, 3.8) is 0 Å². The van der Waals surface area contributed by atoms with Crippen molar-refractivity contribution in [2.75, 3.05) is 10.6 Å². The lowest BCUT2D eigenvalue weighted by Crippen LogP contribution is -2.09. The standard InChI is InChI=1S/C17H14Cl2N2O2/c1-11(22)20-12-4-2-5-13(10-12)21-17(23)9-8-14-15(18)6-3-7-16(14)19/h2-10H,1H3,(H,20,22)(H,21,23)/b9-8+. The molecule has 0 heterocycles. The van der Waals surface area contributed by atoms with Crippen molar-refractivity contribution < 1.29 is 9.59 Å². The second-order valence-electron chi connectivity index (χ2n) is 4.72. The van der Waals surface area contributed by atoms with Crippen molar-refractivity contribution in [2.45, 2.75) is 6.92 Å². The molecular weight excluding hydrogens is 335 g/mol.